The van der Waals surface area contributed by atoms with Crippen LogP contribution in [-0.2, 0) is 14.8 Å². The van der Waals surface area contributed by atoms with E-state index in [9.17, 15) is 18.0 Å². The van der Waals surface area contributed by atoms with Gasteiger partial charge in [-0.15, -0.1) is 0 Å². The average molecular weight is 418 g/mol. The van der Waals surface area contributed by atoms with Crippen LogP contribution in [0.3, 0.4) is 0 Å². The quantitative estimate of drug-likeness (QED) is 0.658. The predicted octanol–water partition coefficient (Wildman–Crippen LogP) is 1.53. The Bertz CT molecular complexity index is 894. The first-order chi connectivity index (χ1) is 13.9. The van der Waals surface area contributed by atoms with Crippen molar-refractivity contribution in [1.82, 2.24) is 14.9 Å². The lowest BCUT2D eigenvalue weighted by atomic mass is 10.0. The van der Waals surface area contributed by atoms with E-state index in [4.69, 9.17) is 0 Å². The summed E-state index contributed by atoms with van der Waals surface area (Å²) in [5.41, 5.74) is 0.476. The third-order valence-corrected chi connectivity index (χ3v) is 8.10. The van der Waals surface area contributed by atoms with Crippen LogP contribution in [0.25, 0.3) is 0 Å². The van der Waals surface area contributed by atoms with E-state index < -0.39 is 10.0 Å². The van der Waals surface area contributed by atoms with Crippen molar-refractivity contribution in [2.75, 3.05) is 19.6 Å². The zero-order valence-corrected chi connectivity index (χ0v) is 17.2. The van der Waals surface area contributed by atoms with Crippen molar-refractivity contribution in [3.63, 3.8) is 0 Å². The lowest BCUT2D eigenvalue weighted by Gasteiger charge is -2.19. The molecule has 0 aromatic heterocycles. The normalized spacial score (nSPS) is 26.7. The highest BCUT2D eigenvalue weighted by Gasteiger charge is 2.45. The Kier molecular flexibility index (Phi) is 5.48. The van der Waals surface area contributed by atoms with Gasteiger partial charge in [-0.2, -0.15) is 4.31 Å². The zero-order chi connectivity index (χ0) is 20.6. The smallest absolute Gasteiger partial charge is 0.251 e. The van der Waals surface area contributed by atoms with Crippen LogP contribution in [-0.4, -0.2) is 50.2 Å². The average Bonchev–Trinajstić information content (AvgIpc) is 3.34. The first-order valence-corrected chi connectivity index (χ1v) is 11.6. The second-order valence-corrected chi connectivity index (χ2v) is 10.3. The number of rotatable bonds is 7. The fourth-order valence-electron chi connectivity index (χ4n) is 4.42. The maximum absolute atomic E-state index is 13.0. The number of nitrogens with one attached hydrogen (secondary N) is 2. The molecule has 1 aliphatic heterocycles. The van der Waals surface area contributed by atoms with Gasteiger partial charge in [-0.05, 0) is 73.8 Å². The van der Waals surface area contributed by atoms with Gasteiger partial charge in [0, 0.05) is 31.2 Å². The van der Waals surface area contributed by atoms with E-state index in [0.717, 1.165) is 25.7 Å². The molecule has 1 saturated heterocycles. The van der Waals surface area contributed by atoms with Crippen molar-refractivity contribution in [1.29, 1.82) is 0 Å². The van der Waals surface area contributed by atoms with E-state index in [1.54, 1.807) is 12.1 Å². The standard InChI is InChI=1S/C21H27N3O4S/c1-2-20(25)23-18-9-16-12-24(13-17(16)10-18)29(27,28)19-7-5-15(6-8-19)21(26)22-11-14-3-4-14/h2,5-8,14,16-18H,1,3-4,9-13H2,(H,22,26)(H,23,25). The van der Waals surface area contributed by atoms with Crippen molar-refractivity contribution < 1.29 is 18.0 Å². The third kappa shape index (κ3) is 4.38. The Morgan fingerprint density at radius 3 is 2.28 bits per heavy atom. The van der Waals surface area contributed by atoms with Gasteiger partial charge in [-0.3, -0.25) is 9.59 Å². The summed E-state index contributed by atoms with van der Waals surface area (Å²) in [6.45, 7) is 5.09. The van der Waals surface area contributed by atoms with Crippen LogP contribution in [0.4, 0.5) is 0 Å². The van der Waals surface area contributed by atoms with Crippen LogP contribution in [0, 0.1) is 17.8 Å². The Morgan fingerprint density at radius 2 is 1.72 bits per heavy atom. The monoisotopic (exact) mass is 417 g/mol. The predicted molar refractivity (Wildman–Crippen MR) is 109 cm³/mol. The molecule has 2 aliphatic carbocycles. The van der Waals surface area contributed by atoms with E-state index in [2.05, 4.69) is 17.2 Å². The van der Waals surface area contributed by atoms with Gasteiger partial charge < -0.3 is 10.6 Å². The molecule has 0 bridgehead atoms. The number of nitrogens with zero attached hydrogens (tertiary/aromatic N) is 1. The van der Waals surface area contributed by atoms with Crippen LogP contribution in [0.2, 0.25) is 0 Å². The van der Waals surface area contributed by atoms with Crippen LogP contribution in [0.15, 0.2) is 41.8 Å². The van der Waals surface area contributed by atoms with Crippen molar-refractivity contribution in [2.45, 2.75) is 36.6 Å². The fourth-order valence-corrected chi connectivity index (χ4v) is 5.97. The van der Waals surface area contributed by atoms with Crippen molar-refractivity contribution in [2.24, 2.45) is 17.8 Å². The van der Waals surface area contributed by atoms with E-state index in [0.29, 0.717) is 31.1 Å². The second kappa shape index (κ2) is 7.91. The summed E-state index contributed by atoms with van der Waals surface area (Å²) in [5, 5.41) is 5.81. The summed E-state index contributed by atoms with van der Waals surface area (Å²) in [4.78, 5) is 23.8. The second-order valence-electron chi connectivity index (χ2n) is 8.40. The molecule has 4 rings (SSSR count). The van der Waals surface area contributed by atoms with E-state index in [1.807, 2.05) is 0 Å². The summed E-state index contributed by atoms with van der Waals surface area (Å²) in [7, 11) is -3.59. The number of hydrogen-bond donors (Lipinski definition) is 2. The van der Waals surface area contributed by atoms with Crippen LogP contribution < -0.4 is 10.6 Å². The lowest BCUT2D eigenvalue weighted by molar-refractivity contribution is -0.117. The molecule has 0 spiro atoms. The Morgan fingerprint density at radius 1 is 1.10 bits per heavy atom. The first-order valence-electron chi connectivity index (χ1n) is 10.2. The maximum atomic E-state index is 13.0. The molecular formula is C21H27N3O4S. The molecule has 2 unspecified atom stereocenters. The number of carbonyl (C=O) groups is 2. The van der Waals surface area contributed by atoms with Crippen molar-refractivity contribution in [3.05, 3.63) is 42.5 Å². The molecule has 3 fully saturated rings. The molecule has 8 heteroatoms. The summed E-state index contributed by atoms with van der Waals surface area (Å²) in [5.74, 6) is 0.766. The van der Waals surface area contributed by atoms with Crippen molar-refractivity contribution in [3.8, 4) is 0 Å². The molecule has 2 N–H and O–H groups in total. The summed E-state index contributed by atoms with van der Waals surface area (Å²) >= 11 is 0. The molecule has 2 amide bonds. The van der Waals surface area contributed by atoms with Gasteiger partial charge in [-0.25, -0.2) is 8.42 Å². The summed E-state index contributed by atoms with van der Waals surface area (Å²) in [6.07, 6.45) is 5.17. The number of amides is 2. The van der Waals surface area contributed by atoms with Gasteiger partial charge in [0.2, 0.25) is 15.9 Å². The molecule has 0 radical (unpaired) electrons. The molecule has 156 valence electrons. The largest absolute Gasteiger partial charge is 0.352 e. The van der Waals surface area contributed by atoms with Crippen molar-refractivity contribution >= 4 is 21.8 Å². The van der Waals surface area contributed by atoms with Gasteiger partial charge in [0.1, 0.15) is 0 Å². The highest BCUT2D eigenvalue weighted by molar-refractivity contribution is 7.89. The number of benzene rings is 1. The van der Waals surface area contributed by atoms with E-state index in [1.165, 1.54) is 22.5 Å². The van der Waals surface area contributed by atoms with E-state index >= 15 is 0 Å². The summed E-state index contributed by atoms with van der Waals surface area (Å²) < 4.78 is 27.6. The molecule has 1 heterocycles. The van der Waals surface area contributed by atoms with Crippen LogP contribution >= 0.6 is 0 Å². The molecule has 1 aromatic rings. The minimum absolute atomic E-state index is 0.0915. The highest BCUT2D eigenvalue weighted by atomic mass is 32.2. The maximum Gasteiger partial charge on any atom is 0.251 e. The van der Waals surface area contributed by atoms with Gasteiger partial charge in [0.05, 0.1) is 4.90 Å². The fraction of sp³-hybridized carbons (Fsp3) is 0.524. The van der Waals surface area contributed by atoms with Crippen LogP contribution in [0.5, 0.6) is 0 Å². The SMILES string of the molecule is C=CC(=O)NC1CC2CN(S(=O)(=O)c3ccc(C(=O)NCC4CC4)cc3)CC2C1. The van der Waals surface area contributed by atoms with Gasteiger partial charge >= 0.3 is 0 Å². The Hall–Kier alpha value is -2.19. The number of hydrogen-bond acceptors (Lipinski definition) is 4. The topological polar surface area (TPSA) is 95.6 Å². The van der Waals surface area contributed by atoms with E-state index in [-0.39, 0.29) is 34.6 Å². The number of fused-ring (bicyclic) bond motifs is 1. The molecule has 2 atom stereocenters. The number of sulfonamides is 1. The first kappa shape index (κ1) is 20.1. The lowest BCUT2D eigenvalue weighted by Crippen LogP contribution is -2.35. The highest BCUT2D eigenvalue weighted by Crippen LogP contribution is 2.40. The van der Waals surface area contributed by atoms with Gasteiger partial charge in [0.25, 0.3) is 5.91 Å². The minimum atomic E-state index is -3.59. The molecule has 7 nitrogen and oxygen atoms in total. The Labute approximate surface area is 171 Å². The van der Waals surface area contributed by atoms with Crippen LogP contribution in [0.1, 0.15) is 36.0 Å². The minimum Gasteiger partial charge on any atom is -0.352 e. The Balaban J connectivity index is 1.36. The summed E-state index contributed by atoms with van der Waals surface area (Å²) in [6, 6.07) is 6.28. The van der Waals surface area contributed by atoms with Gasteiger partial charge in [0.15, 0.2) is 0 Å². The molecule has 3 aliphatic rings. The molecule has 29 heavy (non-hydrogen) atoms. The zero-order valence-electron chi connectivity index (χ0n) is 16.3. The third-order valence-electron chi connectivity index (χ3n) is 6.25. The van der Waals surface area contributed by atoms with Gasteiger partial charge in [-0.1, -0.05) is 6.58 Å². The molecular weight excluding hydrogens is 390 g/mol. The number of carbonyl (C=O) groups excluding carboxylic acids is 2. The molecule has 2 saturated carbocycles. The molecule has 1 aromatic carbocycles.